The molecule has 1 heteroatoms. The Kier molecular flexibility index (Phi) is 4.11. The number of hydrogen-bond donors (Lipinski definition) is 0. The van der Waals surface area contributed by atoms with E-state index in [-0.39, 0.29) is 0 Å². The van der Waals surface area contributed by atoms with Crippen LogP contribution in [0.5, 0.6) is 5.75 Å². The summed E-state index contributed by atoms with van der Waals surface area (Å²) < 4.78 is 5.36. The first-order valence-corrected chi connectivity index (χ1v) is 6.98. The first-order valence-electron chi connectivity index (χ1n) is 6.98. The number of rotatable bonds is 4. The fourth-order valence-corrected chi connectivity index (χ4v) is 3.32. The topological polar surface area (TPSA) is 9.23 Å². The van der Waals surface area contributed by atoms with Gasteiger partial charge >= 0.3 is 0 Å². The standard InChI is InChI=1S/C17H24O/c1-4-10-17(11-6-5-7-12-17)15-8-9-16(18-3)14(2)13-15/h4,8-9,13H,1,5-7,10-12H2,2-3H3. The fourth-order valence-electron chi connectivity index (χ4n) is 3.32. The summed E-state index contributed by atoms with van der Waals surface area (Å²) in [6.45, 7) is 6.09. The van der Waals surface area contributed by atoms with E-state index in [2.05, 4.69) is 37.8 Å². The van der Waals surface area contributed by atoms with Crippen molar-refractivity contribution in [2.24, 2.45) is 0 Å². The van der Waals surface area contributed by atoms with Crippen LogP contribution in [-0.2, 0) is 5.41 Å². The van der Waals surface area contributed by atoms with E-state index < -0.39 is 0 Å². The van der Waals surface area contributed by atoms with Crippen LogP contribution in [0.15, 0.2) is 30.9 Å². The normalized spacial score (nSPS) is 18.3. The maximum Gasteiger partial charge on any atom is 0.121 e. The number of ether oxygens (including phenoxy) is 1. The Hall–Kier alpha value is -1.24. The molecule has 1 aliphatic carbocycles. The largest absolute Gasteiger partial charge is 0.496 e. The Labute approximate surface area is 111 Å². The van der Waals surface area contributed by atoms with Crippen molar-refractivity contribution in [1.29, 1.82) is 0 Å². The third kappa shape index (κ3) is 2.45. The molecule has 0 aliphatic heterocycles. The number of allylic oxidation sites excluding steroid dienone is 1. The maximum absolute atomic E-state index is 5.36. The Morgan fingerprint density at radius 3 is 2.56 bits per heavy atom. The summed E-state index contributed by atoms with van der Waals surface area (Å²) in [5.41, 5.74) is 3.04. The van der Waals surface area contributed by atoms with Crippen molar-refractivity contribution in [2.75, 3.05) is 7.11 Å². The van der Waals surface area contributed by atoms with Crippen LogP contribution in [0.2, 0.25) is 0 Å². The van der Waals surface area contributed by atoms with E-state index in [0.29, 0.717) is 5.41 Å². The molecule has 1 fully saturated rings. The first kappa shape index (κ1) is 13.2. The van der Waals surface area contributed by atoms with Crippen LogP contribution in [0.25, 0.3) is 0 Å². The lowest BCUT2D eigenvalue weighted by atomic mass is 9.67. The van der Waals surface area contributed by atoms with Gasteiger partial charge in [0.15, 0.2) is 0 Å². The molecule has 1 aromatic rings. The van der Waals surface area contributed by atoms with E-state index in [0.717, 1.165) is 12.2 Å². The molecular weight excluding hydrogens is 220 g/mol. The molecule has 1 nitrogen and oxygen atoms in total. The lowest BCUT2D eigenvalue weighted by molar-refractivity contribution is 0.294. The highest BCUT2D eigenvalue weighted by molar-refractivity contribution is 5.40. The summed E-state index contributed by atoms with van der Waals surface area (Å²) in [5.74, 6) is 0.989. The van der Waals surface area contributed by atoms with Gasteiger partial charge in [-0.1, -0.05) is 37.5 Å². The Bertz CT molecular complexity index is 414. The maximum atomic E-state index is 5.36. The van der Waals surface area contributed by atoms with Crippen LogP contribution in [0.3, 0.4) is 0 Å². The average molecular weight is 244 g/mol. The Balaban J connectivity index is 2.35. The van der Waals surface area contributed by atoms with Crippen molar-refractivity contribution < 1.29 is 4.74 Å². The van der Waals surface area contributed by atoms with Crippen LogP contribution in [0, 0.1) is 6.92 Å². The molecule has 0 heterocycles. The summed E-state index contributed by atoms with van der Waals surface area (Å²) in [6, 6.07) is 6.68. The van der Waals surface area contributed by atoms with Crippen molar-refractivity contribution in [3.05, 3.63) is 42.0 Å². The van der Waals surface area contributed by atoms with Gasteiger partial charge in [-0.25, -0.2) is 0 Å². The van der Waals surface area contributed by atoms with Crippen molar-refractivity contribution in [2.45, 2.75) is 50.9 Å². The number of aryl methyl sites for hydroxylation is 1. The predicted molar refractivity (Wildman–Crippen MR) is 77.3 cm³/mol. The molecule has 1 aromatic carbocycles. The van der Waals surface area contributed by atoms with Crippen LogP contribution >= 0.6 is 0 Å². The second kappa shape index (κ2) is 5.60. The molecule has 0 aromatic heterocycles. The third-order valence-corrected chi connectivity index (χ3v) is 4.35. The zero-order chi connectivity index (χ0) is 13.0. The summed E-state index contributed by atoms with van der Waals surface area (Å²) >= 11 is 0. The average Bonchev–Trinajstić information content (AvgIpc) is 2.40. The molecule has 0 N–H and O–H groups in total. The van der Waals surface area contributed by atoms with Gasteiger partial charge in [-0.15, -0.1) is 6.58 Å². The molecule has 98 valence electrons. The predicted octanol–water partition coefficient (Wildman–Crippen LogP) is 4.78. The molecule has 0 radical (unpaired) electrons. The molecule has 0 saturated heterocycles. The summed E-state index contributed by atoms with van der Waals surface area (Å²) in [7, 11) is 1.74. The van der Waals surface area contributed by atoms with Crippen LogP contribution in [-0.4, -0.2) is 7.11 Å². The van der Waals surface area contributed by atoms with Gasteiger partial charge in [-0.2, -0.15) is 0 Å². The number of benzene rings is 1. The number of hydrogen-bond acceptors (Lipinski definition) is 1. The van der Waals surface area contributed by atoms with Crippen LogP contribution < -0.4 is 4.74 Å². The van der Waals surface area contributed by atoms with Gasteiger partial charge in [0.1, 0.15) is 5.75 Å². The third-order valence-electron chi connectivity index (χ3n) is 4.35. The van der Waals surface area contributed by atoms with Crippen molar-refractivity contribution in [3.63, 3.8) is 0 Å². The van der Waals surface area contributed by atoms with E-state index in [9.17, 15) is 0 Å². The fraction of sp³-hybridized carbons (Fsp3) is 0.529. The highest BCUT2D eigenvalue weighted by Gasteiger charge is 2.32. The smallest absolute Gasteiger partial charge is 0.121 e. The quantitative estimate of drug-likeness (QED) is 0.692. The molecule has 0 spiro atoms. The van der Waals surface area contributed by atoms with E-state index in [1.165, 1.54) is 43.2 Å². The highest BCUT2D eigenvalue weighted by atomic mass is 16.5. The van der Waals surface area contributed by atoms with E-state index in [1.807, 2.05) is 0 Å². The summed E-state index contributed by atoms with van der Waals surface area (Å²) in [4.78, 5) is 0. The summed E-state index contributed by atoms with van der Waals surface area (Å²) in [6.07, 6.45) is 9.85. The second-order valence-electron chi connectivity index (χ2n) is 5.52. The molecule has 1 saturated carbocycles. The molecule has 0 unspecified atom stereocenters. The molecule has 0 bridgehead atoms. The minimum Gasteiger partial charge on any atom is -0.496 e. The van der Waals surface area contributed by atoms with Gasteiger partial charge in [0, 0.05) is 0 Å². The van der Waals surface area contributed by atoms with E-state index in [4.69, 9.17) is 4.74 Å². The van der Waals surface area contributed by atoms with Gasteiger partial charge in [-0.3, -0.25) is 0 Å². The van der Waals surface area contributed by atoms with Crippen molar-refractivity contribution in [3.8, 4) is 5.75 Å². The molecule has 1 aliphatic rings. The molecule has 0 amide bonds. The number of methoxy groups -OCH3 is 1. The van der Waals surface area contributed by atoms with Crippen molar-refractivity contribution >= 4 is 0 Å². The molecular formula is C17H24O. The van der Waals surface area contributed by atoms with Gasteiger partial charge in [0.25, 0.3) is 0 Å². The van der Waals surface area contributed by atoms with Crippen molar-refractivity contribution in [1.82, 2.24) is 0 Å². The first-order chi connectivity index (χ1) is 8.72. The Morgan fingerprint density at radius 1 is 1.28 bits per heavy atom. The van der Waals surface area contributed by atoms with E-state index >= 15 is 0 Å². The van der Waals surface area contributed by atoms with Gasteiger partial charge < -0.3 is 4.74 Å². The lowest BCUT2D eigenvalue weighted by Gasteiger charge is -2.37. The van der Waals surface area contributed by atoms with E-state index in [1.54, 1.807) is 7.11 Å². The van der Waals surface area contributed by atoms with Gasteiger partial charge in [0.2, 0.25) is 0 Å². The van der Waals surface area contributed by atoms with Crippen LogP contribution in [0.1, 0.15) is 49.7 Å². The lowest BCUT2D eigenvalue weighted by Crippen LogP contribution is -2.28. The minimum absolute atomic E-state index is 0.330. The van der Waals surface area contributed by atoms with Crippen LogP contribution in [0.4, 0.5) is 0 Å². The highest BCUT2D eigenvalue weighted by Crippen LogP contribution is 2.43. The monoisotopic (exact) mass is 244 g/mol. The molecule has 2 rings (SSSR count). The SMILES string of the molecule is C=CCC1(c2ccc(OC)c(C)c2)CCCCC1. The Morgan fingerprint density at radius 2 is 2.00 bits per heavy atom. The zero-order valence-corrected chi connectivity index (χ0v) is 11.7. The minimum atomic E-state index is 0.330. The molecule has 0 atom stereocenters. The summed E-state index contributed by atoms with van der Waals surface area (Å²) in [5, 5.41) is 0. The molecule has 18 heavy (non-hydrogen) atoms. The van der Waals surface area contributed by atoms with Gasteiger partial charge in [-0.05, 0) is 48.8 Å². The second-order valence-corrected chi connectivity index (χ2v) is 5.52. The zero-order valence-electron chi connectivity index (χ0n) is 11.7. The van der Waals surface area contributed by atoms with Gasteiger partial charge in [0.05, 0.1) is 7.11 Å².